The molecule has 1 aromatic carbocycles. The molecule has 0 amide bonds. The van der Waals surface area contributed by atoms with Gasteiger partial charge in [-0.3, -0.25) is 0 Å². The number of nitrogens with zero attached hydrogens (tertiary/aromatic N) is 3. The summed E-state index contributed by atoms with van der Waals surface area (Å²) in [6.45, 7) is 0. The fourth-order valence-electron chi connectivity index (χ4n) is 1.48. The van der Waals surface area contributed by atoms with Gasteiger partial charge in [-0.2, -0.15) is 21.6 Å². The summed E-state index contributed by atoms with van der Waals surface area (Å²) < 4.78 is 87.4. The number of benzene rings is 1. The average molecular weight is 401 g/mol. The van der Waals surface area contributed by atoms with Gasteiger partial charge in [-0.25, -0.2) is 17.3 Å². The molecule has 13 heteroatoms. The van der Waals surface area contributed by atoms with Crippen LogP contribution >= 0.6 is 0 Å². The Balaban J connectivity index is 0.000000333. The molecule has 0 aliphatic rings. The molecule has 0 aliphatic carbocycles. The van der Waals surface area contributed by atoms with Crippen molar-refractivity contribution in [1.29, 1.82) is 0 Å². The minimum absolute atomic E-state index is 0.629. The van der Waals surface area contributed by atoms with Crippen LogP contribution in [-0.4, -0.2) is 37.9 Å². The molecule has 2 aromatic rings. The molecular weight excluding hydrogens is 387 g/mol. The lowest BCUT2D eigenvalue weighted by molar-refractivity contribution is -0.670. The van der Waals surface area contributed by atoms with E-state index < -0.39 is 25.8 Å². The van der Waals surface area contributed by atoms with Gasteiger partial charge in [-0.15, -0.1) is 3.97 Å². The normalized spacial score (nSPS) is 12.2. The van der Waals surface area contributed by atoms with Crippen LogP contribution in [0.1, 0.15) is 0 Å². The molecule has 25 heavy (non-hydrogen) atoms. The summed E-state index contributed by atoms with van der Waals surface area (Å²) in [6.07, 6.45) is 4.69. The molecule has 140 valence electrons. The van der Waals surface area contributed by atoms with E-state index in [9.17, 15) is 21.6 Å². The third-order valence-electron chi connectivity index (χ3n) is 2.76. The Morgan fingerprint density at radius 3 is 1.96 bits per heavy atom. The van der Waals surface area contributed by atoms with Gasteiger partial charge in [0.2, 0.25) is 0 Å². The number of hydrogen-bond donors (Lipinski definition) is 0. The molecule has 0 aliphatic heterocycles. The van der Waals surface area contributed by atoms with Crippen molar-refractivity contribution in [2.24, 2.45) is 7.05 Å². The summed E-state index contributed by atoms with van der Waals surface area (Å²) in [5.41, 5.74) is -5.02. The highest BCUT2D eigenvalue weighted by molar-refractivity contribution is 7.91. The van der Waals surface area contributed by atoms with E-state index in [4.69, 9.17) is 13.0 Å². The predicted molar refractivity (Wildman–Crippen MR) is 80.5 cm³/mol. The maximum absolute atomic E-state index is 12.2. The topological polar surface area (TPSA) is 103 Å². The lowest BCUT2D eigenvalue weighted by Gasteiger charge is -2.15. The van der Waals surface area contributed by atoms with Gasteiger partial charge in [0.05, 0.1) is 12.7 Å². The van der Waals surface area contributed by atoms with E-state index in [1.165, 1.54) is 27.8 Å². The average Bonchev–Trinajstić information content (AvgIpc) is 2.93. The van der Waals surface area contributed by atoms with Crippen molar-refractivity contribution in [3.05, 3.63) is 49.1 Å². The first-order chi connectivity index (χ1) is 11.3. The number of rotatable bonds is 3. The van der Waals surface area contributed by atoms with Crippen LogP contribution in [0.2, 0.25) is 0 Å². The van der Waals surface area contributed by atoms with E-state index in [2.05, 4.69) is 0 Å². The van der Waals surface area contributed by atoms with Crippen LogP contribution in [0.3, 0.4) is 0 Å². The second-order valence-corrected chi connectivity index (χ2v) is 7.86. The van der Waals surface area contributed by atoms with Crippen molar-refractivity contribution in [3.63, 3.8) is 0 Å². The molecule has 0 atom stereocenters. The minimum atomic E-state index is -6.09. The Morgan fingerprint density at radius 2 is 1.60 bits per heavy atom. The maximum Gasteiger partial charge on any atom is 0.485 e. The Bertz CT molecular complexity index is 909. The predicted octanol–water partition coefficient (Wildman–Crippen LogP) is 0.593. The van der Waals surface area contributed by atoms with Crippen molar-refractivity contribution in [3.8, 4) is 0 Å². The number of aromatic nitrogens is 2. The quantitative estimate of drug-likeness (QED) is 0.426. The molecule has 0 N–H and O–H groups in total. The SMILES string of the molecule is CN(c1ccccc1)S(=O)(=O)n1cc[n+](C)c1.O=S(=O)([O-])C(F)(F)F. The van der Waals surface area contributed by atoms with Crippen molar-refractivity contribution < 1.29 is 39.1 Å². The first-order valence-corrected chi connectivity index (χ1v) is 9.17. The van der Waals surface area contributed by atoms with Gasteiger partial charge in [0.1, 0.15) is 12.4 Å². The zero-order valence-electron chi connectivity index (χ0n) is 13.0. The zero-order chi connectivity index (χ0) is 19.5. The number of para-hydroxylation sites is 1. The number of aryl methyl sites for hydroxylation is 1. The number of hydrogen-bond acceptors (Lipinski definition) is 5. The van der Waals surface area contributed by atoms with E-state index in [0.29, 0.717) is 5.69 Å². The van der Waals surface area contributed by atoms with Gasteiger partial charge in [-0.1, -0.05) is 18.2 Å². The molecule has 0 fully saturated rings. The highest BCUT2D eigenvalue weighted by Crippen LogP contribution is 2.20. The van der Waals surface area contributed by atoms with Gasteiger partial charge in [0.15, 0.2) is 10.1 Å². The van der Waals surface area contributed by atoms with Gasteiger partial charge in [0.25, 0.3) is 6.33 Å². The highest BCUT2D eigenvalue weighted by atomic mass is 32.2. The lowest BCUT2D eigenvalue weighted by Crippen LogP contribution is -2.33. The first-order valence-electron chi connectivity index (χ1n) is 6.36. The first kappa shape index (κ1) is 20.9. The molecule has 0 radical (unpaired) electrons. The molecular formula is C12H14F3N3O5S2. The van der Waals surface area contributed by atoms with Gasteiger partial charge >= 0.3 is 15.7 Å². The van der Waals surface area contributed by atoms with Crippen LogP contribution in [0.4, 0.5) is 18.9 Å². The van der Waals surface area contributed by atoms with E-state index in [0.717, 1.165) is 0 Å². The summed E-state index contributed by atoms with van der Waals surface area (Å²) in [6, 6.07) is 8.95. The van der Waals surface area contributed by atoms with Crippen LogP contribution in [-0.2, 0) is 27.4 Å². The molecule has 0 unspecified atom stereocenters. The monoisotopic (exact) mass is 401 g/mol. The van der Waals surface area contributed by atoms with Crippen LogP contribution in [0.15, 0.2) is 49.1 Å². The van der Waals surface area contributed by atoms with E-state index in [1.807, 2.05) is 6.07 Å². The molecule has 0 bridgehead atoms. The summed E-state index contributed by atoms with van der Waals surface area (Å²) in [5.74, 6) is 0. The molecule has 1 heterocycles. The summed E-state index contributed by atoms with van der Waals surface area (Å²) >= 11 is 0. The number of anilines is 1. The summed E-state index contributed by atoms with van der Waals surface area (Å²) in [5, 5.41) is 0. The highest BCUT2D eigenvalue weighted by Gasteiger charge is 2.36. The zero-order valence-corrected chi connectivity index (χ0v) is 14.6. The van der Waals surface area contributed by atoms with Crippen molar-refractivity contribution in [2.75, 3.05) is 11.4 Å². The smallest absolute Gasteiger partial charge is 0.485 e. The van der Waals surface area contributed by atoms with Crippen LogP contribution < -0.4 is 8.87 Å². The largest absolute Gasteiger partial charge is 0.741 e. The third-order valence-corrected chi connectivity index (χ3v) is 4.98. The Labute approximate surface area is 142 Å². The molecule has 0 saturated carbocycles. The molecule has 0 saturated heterocycles. The Morgan fingerprint density at radius 1 is 1.12 bits per heavy atom. The van der Waals surface area contributed by atoms with Crippen molar-refractivity contribution in [1.82, 2.24) is 3.97 Å². The van der Waals surface area contributed by atoms with Crippen molar-refractivity contribution in [2.45, 2.75) is 5.51 Å². The fraction of sp³-hybridized carbons (Fsp3) is 0.250. The number of halogens is 3. The van der Waals surface area contributed by atoms with Crippen LogP contribution in [0.5, 0.6) is 0 Å². The Kier molecular flexibility index (Phi) is 6.20. The lowest BCUT2D eigenvalue weighted by atomic mass is 10.3. The fourth-order valence-corrected chi connectivity index (χ4v) is 2.62. The standard InChI is InChI=1S/C11H14N3O2S.CHF3O3S/c1-12-8-9-14(10-12)17(15,16)13(2)11-6-4-3-5-7-11;2-1(3,4)8(5,6)7/h3-10H,1-2H3;(H,5,6,7)/q+1;/p-1. The van der Waals surface area contributed by atoms with Gasteiger partial charge < -0.3 is 4.55 Å². The van der Waals surface area contributed by atoms with E-state index >= 15 is 0 Å². The van der Waals surface area contributed by atoms with Gasteiger partial charge in [-0.05, 0) is 12.1 Å². The van der Waals surface area contributed by atoms with Crippen molar-refractivity contribution >= 4 is 26.0 Å². The third kappa shape index (κ3) is 5.44. The molecule has 2 rings (SSSR count). The summed E-state index contributed by atoms with van der Waals surface area (Å²) in [7, 11) is -6.33. The second kappa shape index (κ2) is 7.41. The molecule has 0 spiro atoms. The minimum Gasteiger partial charge on any atom is -0.741 e. The van der Waals surface area contributed by atoms with Crippen LogP contribution in [0.25, 0.3) is 0 Å². The van der Waals surface area contributed by atoms with Gasteiger partial charge in [0, 0.05) is 7.05 Å². The molecule has 1 aromatic heterocycles. The number of alkyl halides is 3. The summed E-state index contributed by atoms with van der Waals surface area (Å²) in [4.78, 5) is 0. The Hall–Kier alpha value is -2.12. The molecule has 8 nitrogen and oxygen atoms in total. The van der Waals surface area contributed by atoms with Crippen LogP contribution in [0, 0.1) is 0 Å². The second-order valence-electron chi connectivity index (χ2n) is 4.62. The number of imidazole rings is 1. The van der Waals surface area contributed by atoms with E-state index in [1.54, 1.807) is 42.1 Å². The van der Waals surface area contributed by atoms with E-state index in [-0.39, 0.29) is 0 Å². The maximum atomic E-state index is 12.2.